The summed E-state index contributed by atoms with van der Waals surface area (Å²) in [6.45, 7) is 1.62. The number of carbonyl (C=O) groups excluding carboxylic acids is 1. The van der Waals surface area contributed by atoms with Gasteiger partial charge in [-0.3, -0.25) is 4.79 Å². The first-order valence-electron chi connectivity index (χ1n) is 10.3. The zero-order valence-corrected chi connectivity index (χ0v) is 15.9. The lowest BCUT2D eigenvalue weighted by Gasteiger charge is -2.33. The Morgan fingerprint density at radius 1 is 1.07 bits per heavy atom. The Labute approximate surface area is 161 Å². The summed E-state index contributed by atoms with van der Waals surface area (Å²) < 4.78 is 1.96. The lowest BCUT2D eigenvalue weighted by atomic mass is 9.90. The zero-order valence-electron chi connectivity index (χ0n) is 15.9. The molecule has 1 saturated carbocycles. The van der Waals surface area contributed by atoms with Gasteiger partial charge >= 0.3 is 0 Å². The first-order chi connectivity index (χ1) is 13.3. The molecule has 1 aromatic carbocycles. The normalized spacial score (nSPS) is 18.9. The number of hydrogen-bond donors (Lipinski definition) is 1. The highest BCUT2D eigenvalue weighted by Gasteiger charge is 2.29. The molecule has 1 saturated heterocycles. The molecule has 1 amide bonds. The average Bonchev–Trinajstić information content (AvgIpc) is 3.38. The number of aromatic nitrogens is 2. The highest BCUT2D eigenvalue weighted by molar-refractivity contribution is 5.76. The third kappa shape index (κ3) is 3.93. The molecule has 2 aromatic rings. The van der Waals surface area contributed by atoms with Crippen LogP contribution in [0.25, 0.3) is 5.69 Å². The number of rotatable bonds is 5. The van der Waals surface area contributed by atoms with Gasteiger partial charge in [-0.15, -0.1) is 0 Å². The number of piperidine rings is 1. The van der Waals surface area contributed by atoms with Crippen molar-refractivity contribution in [3.8, 4) is 5.69 Å². The summed E-state index contributed by atoms with van der Waals surface area (Å²) in [5.74, 6) is 1.26. The van der Waals surface area contributed by atoms with Gasteiger partial charge in [-0.1, -0.05) is 31.0 Å². The molecule has 144 valence electrons. The third-order valence-corrected chi connectivity index (χ3v) is 6.23. The molecule has 2 heterocycles. The largest absolute Gasteiger partial charge is 0.392 e. The van der Waals surface area contributed by atoms with Crippen LogP contribution in [-0.4, -0.2) is 38.8 Å². The fraction of sp³-hybridized carbons (Fsp3) is 0.545. The molecule has 1 aromatic heterocycles. The van der Waals surface area contributed by atoms with Gasteiger partial charge in [0.05, 0.1) is 24.2 Å². The van der Waals surface area contributed by atoms with Crippen molar-refractivity contribution < 1.29 is 9.90 Å². The van der Waals surface area contributed by atoms with Gasteiger partial charge in [-0.25, -0.2) is 4.68 Å². The molecule has 0 unspecified atom stereocenters. The smallest absolute Gasteiger partial charge is 0.222 e. The molecular weight excluding hydrogens is 338 g/mol. The van der Waals surface area contributed by atoms with Gasteiger partial charge in [-0.05, 0) is 43.7 Å². The molecule has 0 spiro atoms. The Balaban J connectivity index is 1.45. The third-order valence-electron chi connectivity index (χ3n) is 6.23. The molecule has 0 atom stereocenters. The van der Waals surface area contributed by atoms with Crippen LogP contribution in [0.5, 0.6) is 0 Å². The second-order valence-corrected chi connectivity index (χ2v) is 7.97. The molecule has 5 nitrogen and oxygen atoms in total. The van der Waals surface area contributed by atoms with E-state index in [0.717, 1.165) is 49.3 Å². The monoisotopic (exact) mass is 367 g/mol. The van der Waals surface area contributed by atoms with Crippen molar-refractivity contribution in [1.29, 1.82) is 0 Å². The topological polar surface area (TPSA) is 58.4 Å². The SMILES string of the molecule is O=C(CC1CCCC1)N1CCC(c2c(CO)cnn2-c2ccccc2)CC1. The maximum Gasteiger partial charge on any atom is 0.222 e. The minimum atomic E-state index is 0.00297. The second kappa shape index (κ2) is 8.26. The summed E-state index contributed by atoms with van der Waals surface area (Å²) in [7, 11) is 0. The highest BCUT2D eigenvalue weighted by Crippen LogP contribution is 2.33. The van der Waals surface area contributed by atoms with Gasteiger partial charge in [0, 0.05) is 31.0 Å². The maximum atomic E-state index is 12.6. The zero-order chi connectivity index (χ0) is 18.6. The van der Waals surface area contributed by atoms with Crippen LogP contribution in [0.2, 0.25) is 0 Å². The van der Waals surface area contributed by atoms with Crippen LogP contribution in [0.4, 0.5) is 0 Å². The predicted molar refractivity (Wildman–Crippen MR) is 105 cm³/mol. The Morgan fingerprint density at radius 2 is 1.78 bits per heavy atom. The molecule has 1 aliphatic heterocycles. The Hall–Kier alpha value is -2.14. The standard InChI is InChI=1S/C22H29N3O2/c26-16-19-15-23-25(20-8-2-1-3-9-20)22(19)18-10-12-24(13-11-18)21(27)14-17-6-4-5-7-17/h1-3,8-9,15,17-18,26H,4-7,10-14,16H2. The number of nitrogens with zero attached hydrogens (tertiary/aromatic N) is 3. The van der Waals surface area contributed by atoms with Crippen molar-refractivity contribution >= 4 is 5.91 Å². The lowest BCUT2D eigenvalue weighted by Crippen LogP contribution is -2.39. The minimum Gasteiger partial charge on any atom is -0.392 e. The first kappa shape index (κ1) is 18.2. The van der Waals surface area contributed by atoms with E-state index in [1.54, 1.807) is 6.20 Å². The highest BCUT2D eigenvalue weighted by atomic mass is 16.3. The summed E-state index contributed by atoms with van der Waals surface area (Å²) in [6, 6.07) is 10.1. The molecular formula is C22H29N3O2. The van der Waals surface area contributed by atoms with E-state index < -0.39 is 0 Å². The molecule has 2 aliphatic rings. The minimum absolute atomic E-state index is 0.00297. The van der Waals surface area contributed by atoms with Gasteiger partial charge in [0.15, 0.2) is 0 Å². The molecule has 0 bridgehead atoms. The Morgan fingerprint density at radius 3 is 2.44 bits per heavy atom. The van der Waals surface area contributed by atoms with E-state index in [-0.39, 0.29) is 6.61 Å². The quantitative estimate of drug-likeness (QED) is 0.877. The fourth-order valence-electron chi connectivity index (χ4n) is 4.72. The summed E-state index contributed by atoms with van der Waals surface area (Å²) in [5, 5.41) is 14.3. The van der Waals surface area contributed by atoms with Crippen LogP contribution in [0.1, 0.15) is 62.1 Å². The number of carbonyl (C=O) groups is 1. The fourth-order valence-corrected chi connectivity index (χ4v) is 4.72. The first-order valence-corrected chi connectivity index (χ1v) is 10.3. The van der Waals surface area contributed by atoms with Crippen LogP contribution in [0.15, 0.2) is 36.5 Å². The number of aliphatic hydroxyl groups excluding tert-OH is 1. The molecule has 1 N–H and O–H groups in total. The van der Waals surface area contributed by atoms with Crippen LogP contribution < -0.4 is 0 Å². The van der Waals surface area contributed by atoms with Crippen molar-refractivity contribution in [3.63, 3.8) is 0 Å². The van der Waals surface area contributed by atoms with Crippen LogP contribution in [-0.2, 0) is 11.4 Å². The van der Waals surface area contributed by atoms with E-state index in [2.05, 4.69) is 10.00 Å². The number of likely N-dealkylation sites (tertiary alicyclic amines) is 1. The number of para-hydroxylation sites is 1. The van der Waals surface area contributed by atoms with Crippen molar-refractivity contribution in [3.05, 3.63) is 47.8 Å². The van der Waals surface area contributed by atoms with Crippen molar-refractivity contribution in [2.75, 3.05) is 13.1 Å². The predicted octanol–water partition coefficient (Wildman–Crippen LogP) is 3.65. The van der Waals surface area contributed by atoms with E-state index in [1.165, 1.54) is 25.7 Å². The average molecular weight is 367 g/mol. The molecule has 4 rings (SSSR count). The van der Waals surface area contributed by atoms with Crippen molar-refractivity contribution in [2.45, 2.75) is 57.5 Å². The number of amides is 1. The number of benzene rings is 1. The van der Waals surface area contributed by atoms with E-state index in [1.807, 2.05) is 35.0 Å². The van der Waals surface area contributed by atoms with E-state index in [9.17, 15) is 9.90 Å². The number of aliphatic hydroxyl groups is 1. The lowest BCUT2D eigenvalue weighted by molar-refractivity contribution is -0.133. The van der Waals surface area contributed by atoms with Gasteiger partial charge in [-0.2, -0.15) is 5.10 Å². The molecule has 5 heteroatoms. The summed E-state index contributed by atoms with van der Waals surface area (Å²) in [4.78, 5) is 14.7. The molecule has 0 radical (unpaired) electrons. The van der Waals surface area contributed by atoms with Crippen LogP contribution >= 0.6 is 0 Å². The molecule has 27 heavy (non-hydrogen) atoms. The maximum absolute atomic E-state index is 12.6. The Bertz CT molecular complexity index is 757. The van der Waals surface area contributed by atoms with Crippen molar-refractivity contribution in [2.24, 2.45) is 5.92 Å². The van der Waals surface area contributed by atoms with Crippen LogP contribution in [0.3, 0.4) is 0 Å². The second-order valence-electron chi connectivity index (χ2n) is 7.97. The van der Waals surface area contributed by atoms with Gasteiger partial charge in [0.25, 0.3) is 0 Å². The van der Waals surface area contributed by atoms with Gasteiger partial charge < -0.3 is 10.0 Å². The van der Waals surface area contributed by atoms with Crippen molar-refractivity contribution in [1.82, 2.24) is 14.7 Å². The molecule has 2 fully saturated rings. The van der Waals surface area contributed by atoms with E-state index >= 15 is 0 Å². The van der Waals surface area contributed by atoms with Crippen LogP contribution in [0, 0.1) is 5.92 Å². The number of hydrogen-bond acceptors (Lipinski definition) is 3. The van der Waals surface area contributed by atoms with Gasteiger partial charge in [0.2, 0.25) is 5.91 Å². The summed E-state index contributed by atoms with van der Waals surface area (Å²) in [6.07, 6.45) is 9.38. The summed E-state index contributed by atoms with van der Waals surface area (Å²) >= 11 is 0. The van der Waals surface area contributed by atoms with E-state index in [0.29, 0.717) is 17.7 Å². The molecule has 1 aliphatic carbocycles. The van der Waals surface area contributed by atoms with E-state index in [4.69, 9.17) is 0 Å². The van der Waals surface area contributed by atoms with Gasteiger partial charge in [0.1, 0.15) is 0 Å². The Kier molecular flexibility index (Phi) is 5.58. The summed E-state index contributed by atoms with van der Waals surface area (Å²) in [5.41, 5.74) is 3.02.